The van der Waals surface area contributed by atoms with Gasteiger partial charge in [0.25, 0.3) is 5.56 Å². The van der Waals surface area contributed by atoms with Crippen molar-refractivity contribution >= 4 is 0 Å². The predicted octanol–water partition coefficient (Wildman–Crippen LogP) is 2.24. The molecule has 2 aromatic heterocycles. The Morgan fingerprint density at radius 1 is 1.21 bits per heavy atom. The van der Waals surface area contributed by atoms with Gasteiger partial charge in [0, 0.05) is 17.3 Å². The van der Waals surface area contributed by atoms with Gasteiger partial charge in [-0.1, -0.05) is 0 Å². The molecule has 0 aliphatic heterocycles. The fourth-order valence-corrected chi connectivity index (χ4v) is 1.79. The zero-order valence-electron chi connectivity index (χ0n) is 11.5. The number of nitrogens with one attached hydrogen (secondary N) is 1. The van der Waals surface area contributed by atoms with Gasteiger partial charge in [0.2, 0.25) is 0 Å². The summed E-state index contributed by atoms with van der Waals surface area (Å²) in [6.45, 7) is 7.57. The summed E-state index contributed by atoms with van der Waals surface area (Å²) < 4.78 is 5.61. The fraction of sp³-hybridized carbons (Fsp3) is 0.357. The van der Waals surface area contributed by atoms with E-state index in [4.69, 9.17) is 4.74 Å². The molecule has 2 rings (SSSR count). The molecule has 1 N–H and O–H groups in total. The lowest BCUT2D eigenvalue weighted by molar-refractivity contribution is 0.241. The van der Waals surface area contributed by atoms with Gasteiger partial charge in [0.1, 0.15) is 5.75 Å². The van der Waals surface area contributed by atoms with Crippen LogP contribution in [0.1, 0.15) is 25.0 Å². The summed E-state index contributed by atoms with van der Waals surface area (Å²) in [5.41, 5.74) is 2.91. The van der Waals surface area contributed by atoms with Crippen molar-refractivity contribution in [2.75, 3.05) is 0 Å². The molecule has 19 heavy (non-hydrogen) atoms. The average Bonchev–Trinajstić information content (AvgIpc) is 2.36. The predicted molar refractivity (Wildman–Crippen MR) is 73.3 cm³/mol. The van der Waals surface area contributed by atoms with E-state index < -0.39 is 0 Å². The van der Waals surface area contributed by atoms with Gasteiger partial charge in [-0.3, -0.25) is 9.78 Å². The highest BCUT2D eigenvalue weighted by atomic mass is 16.5. The Morgan fingerprint density at radius 2 is 1.95 bits per heavy atom. The summed E-state index contributed by atoms with van der Waals surface area (Å²) in [5.74, 6) is 0.692. The van der Waals surface area contributed by atoms with E-state index in [2.05, 4.69) is 15.2 Å². The first kappa shape index (κ1) is 13.3. The number of rotatable bonds is 3. The molecule has 0 atom stereocenters. The monoisotopic (exact) mass is 259 g/mol. The van der Waals surface area contributed by atoms with Crippen LogP contribution in [0.3, 0.4) is 0 Å². The minimum Gasteiger partial charge on any atom is -0.489 e. The smallest absolute Gasteiger partial charge is 0.267 e. The SMILES string of the molecule is Cc1c(-c2cncc(OC(C)C)c2)n[nH]c(=O)c1C. The molecule has 2 aromatic rings. The maximum atomic E-state index is 11.5. The molecule has 0 unspecified atom stereocenters. The minimum atomic E-state index is -0.163. The number of pyridine rings is 1. The van der Waals surface area contributed by atoms with E-state index in [0.717, 1.165) is 16.8 Å². The van der Waals surface area contributed by atoms with E-state index in [1.165, 1.54) is 0 Å². The number of nitrogens with zero attached hydrogens (tertiary/aromatic N) is 2. The van der Waals surface area contributed by atoms with Crippen molar-refractivity contribution in [1.82, 2.24) is 15.2 Å². The number of H-pyrrole nitrogens is 1. The van der Waals surface area contributed by atoms with E-state index in [0.29, 0.717) is 11.3 Å². The van der Waals surface area contributed by atoms with Crippen molar-refractivity contribution in [2.45, 2.75) is 33.8 Å². The zero-order valence-corrected chi connectivity index (χ0v) is 11.5. The van der Waals surface area contributed by atoms with Crippen LogP contribution in [0.15, 0.2) is 23.3 Å². The lowest BCUT2D eigenvalue weighted by atomic mass is 10.1. The molecule has 0 bridgehead atoms. The van der Waals surface area contributed by atoms with Crippen molar-refractivity contribution in [3.05, 3.63) is 39.9 Å². The molecular weight excluding hydrogens is 242 g/mol. The maximum Gasteiger partial charge on any atom is 0.267 e. The highest BCUT2D eigenvalue weighted by Crippen LogP contribution is 2.24. The minimum absolute atomic E-state index is 0.0865. The lowest BCUT2D eigenvalue weighted by Crippen LogP contribution is -2.14. The molecule has 0 saturated carbocycles. The molecule has 0 aliphatic rings. The number of aromatic nitrogens is 3. The van der Waals surface area contributed by atoms with Crippen molar-refractivity contribution in [2.24, 2.45) is 0 Å². The summed E-state index contributed by atoms with van der Waals surface area (Å²) in [5, 5.41) is 6.59. The first-order chi connectivity index (χ1) is 8.99. The number of aromatic amines is 1. The Kier molecular flexibility index (Phi) is 3.64. The topological polar surface area (TPSA) is 67.9 Å². The van der Waals surface area contributed by atoms with Crippen LogP contribution in [0.25, 0.3) is 11.3 Å². The van der Waals surface area contributed by atoms with Crippen LogP contribution >= 0.6 is 0 Å². The largest absolute Gasteiger partial charge is 0.489 e. The first-order valence-corrected chi connectivity index (χ1v) is 6.17. The van der Waals surface area contributed by atoms with Crippen LogP contribution in [0.4, 0.5) is 0 Å². The van der Waals surface area contributed by atoms with E-state index in [1.54, 1.807) is 19.3 Å². The summed E-state index contributed by atoms with van der Waals surface area (Å²) in [6.07, 6.45) is 3.46. The van der Waals surface area contributed by atoms with Crippen molar-refractivity contribution in [3.8, 4) is 17.0 Å². The molecule has 5 heteroatoms. The van der Waals surface area contributed by atoms with Crippen LogP contribution < -0.4 is 10.3 Å². The summed E-state index contributed by atoms with van der Waals surface area (Å²) >= 11 is 0. The van der Waals surface area contributed by atoms with E-state index in [1.807, 2.05) is 26.8 Å². The third kappa shape index (κ3) is 2.81. The van der Waals surface area contributed by atoms with Crippen molar-refractivity contribution in [3.63, 3.8) is 0 Å². The number of ether oxygens (including phenoxy) is 1. The van der Waals surface area contributed by atoms with E-state index >= 15 is 0 Å². The van der Waals surface area contributed by atoms with Crippen LogP contribution in [0, 0.1) is 13.8 Å². The van der Waals surface area contributed by atoms with Gasteiger partial charge in [0.15, 0.2) is 0 Å². The van der Waals surface area contributed by atoms with Crippen molar-refractivity contribution < 1.29 is 4.74 Å². The molecule has 0 aromatic carbocycles. The van der Waals surface area contributed by atoms with Gasteiger partial charge in [-0.05, 0) is 39.3 Å². The van der Waals surface area contributed by atoms with Gasteiger partial charge in [-0.15, -0.1) is 0 Å². The Morgan fingerprint density at radius 3 is 2.63 bits per heavy atom. The maximum absolute atomic E-state index is 11.5. The number of hydrogen-bond donors (Lipinski definition) is 1. The van der Waals surface area contributed by atoms with E-state index in [-0.39, 0.29) is 11.7 Å². The molecular formula is C14H17N3O2. The number of hydrogen-bond acceptors (Lipinski definition) is 4. The van der Waals surface area contributed by atoms with Crippen LogP contribution in [0.5, 0.6) is 5.75 Å². The highest BCUT2D eigenvalue weighted by molar-refractivity contribution is 5.63. The molecule has 0 spiro atoms. The second-order valence-electron chi connectivity index (χ2n) is 4.73. The first-order valence-electron chi connectivity index (χ1n) is 6.17. The summed E-state index contributed by atoms with van der Waals surface area (Å²) in [4.78, 5) is 15.6. The molecule has 100 valence electrons. The molecule has 0 aliphatic carbocycles. The highest BCUT2D eigenvalue weighted by Gasteiger charge is 2.10. The van der Waals surface area contributed by atoms with Gasteiger partial charge in [-0.25, -0.2) is 5.10 Å². The quantitative estimate of drug-likeness (QED) is 0.917. The van der Waals surface area contributed by atoms with Gasteiger partial charge in [0.05, 0.1) is 18.0 Å². The Hall–Kier alpha value is -2.17. The summed E-state index contributed by atoms with van der Waals surface area (Å²) in [7, 11) is 0. The lowest BCUT2D eigenvalue weighted by Gasteiger charge is -2.11. The standard InChI is InChI=1S/C14H17N3O2/c1-8(2)19-12-5-11(6-15-7-12)13-9(3)10(4)14(18)17-16-13/h5-8H,1-4H3,(H,17,18). The van der Waals surface area contributed by atoms with E-state index in [9.17, 15) is 4.79 Å². The fourth-order valence-electron chi connectivity index (χ4n) is 1.79. The normalized spacial score (nSPS) is 10.8. The van der Waals surface area contributed by atoms with Crippen molar-refractivity contribution in [1.29, 1.82) is 0 Å². The zero-order chi connectivity index (χ0) is 14.0. The Labute approximate surface area is 111 Å². The average molecular weight is 259 g/mol. The molecule has 2 heterocycles. The van der Waals surface area contributed by atoms with Gasteiger partial charge >= 0.3 is 0 Å². The Balaban J connectivity index is 2.48. The van der Waals surface area contributed by atoms with Crippen LogP contribution in [0.2, 0.25) is 0 Å². The van der Waals surface area contributed by atoms with Gasteiger partial charge in [-0.2, -0.15) is 5.10 Å². The van der Waals surface area contributed by atoms with Crippen LogP contribution in [-0.2, 0) is 0 Å². The molecule has 0 radical (unpaired) electrons. The summed E-state index contributed by atoms with van der Waals surface area (Å²) in [6, 6.07) is 1.88. The van der Waals surface area contributed by atoms with Gasteiger partial charge < -0.3 is 4.74 Å². The Bertz CT molecular complexity index is 647. The molecule has 0 amide bonds. The van der Waals surface area contributed by atoms with Crippen LogP contribution in [-0.4, -0.2) is 21.3 Å². The second kappa shape index (κ2) is 5.22. The third-order valence-electron chi connectivity index (χ3n) is 2.89. The second-order valence-corrected chi connectivity index (χ2v) is 4.73. The molecule has 5 nitrogen and oxygen atoms in total. The molecule has 0 fully saturated rings. The third-order valence-corrected chi connectivity index (χ3v) is 2.89. The molecule has 0 saturated heterocycles.